The average molecular weight is 651 g/mol. The van der Waals surface area contributed by atoms with E-state index in [2.05, 4.69) is 193 Å². The molecule has 0 amide bonds. The van der Waals surface area contributed by atoms with Crippen LogP contribution >= 0.6 is 0 Å². The molecule has 10 aromatic rings. The van der Waals surface area contributed by atoms with Crippen LogP contribution in [0, 0.1) is 0 Å². The summed E-state index contributed by atoms with van der Waals surface area (Å²) < 4.78 is 2.51. The van der Waals surface area contributed by atoms with Gasteiger partial charge in [-0.3, -0.25) is 0 Å². The van der Waals surface area contributed by atoms with Crippen molar-refractivity contribution in [3.8, 4) is 22.3 Å². The van der Waals surface area contributed by atoms with Crippen molar-refractivity contribution in [1.82, 2.24) is 4.40 Å². The number of hydrogen-bond acceptors (Lipinski definition) is 1. The van der Waals surface area contributed by atoms with E-state index in [1.54, 1.807) is 0 Å². The zero-order valence-corrected chi connectivity index (χ0v) is 28.6. The Morgan fingerprint density at radius 3 is 1.88 bits per heavy atom. The lowest BCUT2D eigenvalue weighted by Crippen LogP contribution is -2.16. The summed E-state index contributed by atoms with van der Waals surface area (Å²) in [4.78, 5) is 2.36. The SMILES string of the molecule is CC1(C)c2ccc(-c3cc4cccc5c6cccc7c8ccccc8n(c(c3)c45)c67)cc2-c2ccc(N(c3ccccc3)c3ccccc3)cc21. The Hall–Kier alpha value is -6.38. The minimum Gasteiger partial charge on any atom is -0.310 e. The molecule has 0 atom stereocenters. The summed E-state index contributed by atoms with van der Waals surface area (Å²) in [5.74, 6) is 0. The van der Waals surface area contributed by atoms with E-state index in [1.165, 1.54) is 87.9 Å². The van der Waals surface area contributed by atoms with Crippen LogP contribution in [-0.2, 0) is 5.41 Å². The van der Waals surface area contributed by atoms with Crippen LogP contribution < -0.4 is 4.90 Å². The van der Waals surface area contributed by atoms with Gasteiger partial charge in [0, 0.05) is 44.0 Å². The summed E-state index contributed by atoms with van der Waals surface area (Å²) in [5, 5.41) is 7.83. The second-order valence-corrected chi connectivity index (χ2v) is 14.6. The van der Waals surface area contributed by atoms with Crippen molar-refractivity contribution in [2.45, 2.75) is 19.3 Å². The molecule has 0 N–H and O–H groups in total. The molecule has 0 aliphatic heterocycles. The zero-order chi connectivity index (χ0) is 33.8. The van der Waals surface area contributed by atoms with Gasteiger partial charge in [-0.1, -0.05) is 123 Å². The van der Waals surface area contributed by atoms with Crippen LogP contribution in [0.25, 0.3) is 71.1 Å². The fraction of sp³-hybridized carbons (Fsp3) is 0.0612. The maximum Gasteiger partial charge on any atom is 0.0619 e. The number of anilines is 3. The lowest BCUT2D eigenvalue weighted by molar-refractivity contribution is 0.660. The van der Waals surface area contributed by atoms with E-state index in [4.69, 9.17) is 0 Å². The molecule has 51 heavy (non-hydrogen) atoms. The van der Waals surface area contributed by atoms with Gasteiger partial charge in [-0.05, 0) is 105 Å². The molecular weight excluding hydrogens is 617 g/mol. The third-order valence-corrected chi connectivity index (χ3v) is 11.5. The van der Waals surface area contributed by atoms with Crippen molar-refractivity contribution in [2.24, 2.45) is 0 Å². The molecule has 1 aliphatic carbocycles. The molecule has 0 saturated carbocycles. The number of rotatable bonds is 4. The summed E-state index contributed by atoms with van der Waals surface area (Å²) in [6.07, 6.45) is 0. The van der Waals surface area contributed by atoms with Gasteiger partial charge in [0.1, 0.15) is 0 Å². The van der Waals surface area contributed by atoms with E-state index in [9.17, 15) is 0 Å². The fourth-order valence-electron chi connectivity index (χ4n) is 9.12. The molecule has 2 heterocycles. The Kier molecular flexibility index (Phi) is 5.76. The van der Waals surface area contributed by atoms with E-state index in [0.717, 1.165) is 11.4 Å². The molecular formula is C49H34N2. The Morgan fingerprint density at radius 1 is 0.431 bits per heavy atom. The van der Waals surface area contributed by atoms with E-state index in [1.807, 2.05) is 0 Å². The number of hydrogen-bond donors (Lipinski definition) is 0. The predicted octanol–water partition coefficient (Wildman–Crippen LogP) is 13.4. The lowest BCUT2D eigenvalue weighted by Gasteiger charge is -2.28. The van der Waals surface area contributed by atoms with Crippen LogP contribution in [0.4, 0.5) is 17.1 Å². The molecule has 11 rings (SSSR count). The van der Waals surface area contributed by atoms with E-state index < -0.39 is 0 Å². The molecule has 0 spiro atoms. The fourth-order valence-corrected chi connectivity index (χ4v) is 9.12. The Bertz CT molecular complexity index is 2950. The first-order valence-electron chi connectivity index (χ1n) is 17.9. The number of pyridine rings is 1. The van der Waals surface area contributed by atoms with Gasteiger partial charge in [0.15, 0.2) is 0 Å². The van der Waals surface area contributed by atoms with Crippen molar-refractivity contribution in [2.75, 3.05) is 4.90 Å². The van der Waals surface area contributed by atoms with Crippen LogP contribution in [0.2, 0.25) is 0 Å². The topological polar surface area (TPSA) is 7.65 Å². The van der Waals surface area contributed by atoms with Gasteiger partial charge in [0.05, 0.1) is 16.6 Å². The van der Waals surface area contributed by atoms with E-state index >= 15 is 0 Å². The maximum absolute atomic E-state index is 2.51. The van der Waals surface area contributed by atoms with Crippen molar-refractivity contribution < 1.29 is 0 Å². The molecule has 0 radical (unpaired) electrons. The standard InChI is InChI=1S/C49H34N2/c1-49(2)43-26-23-31(28-42(43)37-25-24-36(30-44(37)49)50(34-14-5-3-6-15-34)35-16-7-4-8-17-35)33-27-32-13-11-19-39-41-21-12-20-40-38-18-9-10-22-45(38)51(48(40)41)46(29-33)47(32)39/h3-30H,1-2H3. The second-order valence-electron chi connectivity index (χ2n) is 14.6. The van der Waals surface area contributed by atoms with Crippen molar-refractivity contribution in [3.63, 3.8) is 0 Å². The highest BCUT2D eigenvalue weighted by Crippen LogP contribution is 2.52. The first-order chi connectivity index (χ1) is 25.1. The lowest BCUT2D eigenvalue weighted by atomic mass is 9.82. The highest BCUT2D eigenvalue weighted by molar-refractivity contribution is 6.27. The quantitative estimate of drug-likeness (QED) is 0.136. The summed E-state index contributed by atoms with van der Waals surface area (Å²) >= 11 is 0. The van der Waals surface area contributed by atoms with Gasteiger partial charge in [-0.15, -0.1) is 0 Å². The molecule has 240 valence electrons. The van der Waals surface area contributed by atoms with E-state index in [0.29, 0.717) is 0 Å². The van der Waals surface area contributed by atoms with Gasteiger partial charge < -0.3 is 9.30 Å². The number of aromatic nitrogens is 1. The average Bonchev–Trinajstić information content (AvgIpc) is 3.63. The molecule has 2 nitrogen and oxygen atoms in total. The first-order valence-corrected chi connectivity index (χ1v) is 17.9. The first kappa shape index (κ1) is 28.5. The number of benzene rings is 8. The number of para-hydroxylation sites is 4. The molecule has 0 fully saturated rings. The third kappa shape index (κ3) is 3.93. The minimum atomic E-state index is -0.137. The predicted molar refractivity (Wildman–Crippen MR) is 216 cm³/mol. The summed E-state index contributed by atoms with van der Waals surface area (Å²) in [6, 6.07) is 62.8. The monoisotopic (exact) mass is 650 g/mol. The molecule has 0 bridgehead atoms. The molecule has 0 unspecified atom stereocenters. The minimum absolute atomic E-state index is 0.137. The Morgan fingerprint density at radius 2 is 1.10 bits per heavy atom. The van der Waals surface area contributed by atoms with Crippen LogP contribution in [-0.4, -0.2) is 4.40 Å². The second kappa shape index (κ2) is 10.3. The number of nitrogens with zero attached hydrogens (tertiary/aromatic N) is 2. The van der Waals surface area contributed by atoms with Crippen molar-refractivity contribution in [1.29, 1.82) is 0 Å². The van der Waals surface area contributed by atoms with Crippen LogP contribution in [0.15, 0.2) is 170 Å². The van der Waals surface area contributed by atoms with Crippen molar-refractivity contribution in [3.05, 3.63) is 181 Å². The van der Waals surface area contributed by atoms with Crippen LogP contribution in [0.5, 0.6) is 0 Å². The zero-order valence-electron chi connectivity index (χ0n) is 28.6. The molecule has 0 saturated heterocycles. The Balaban J connectivity index is 1.11. The smallest absolute Gasteiger partial charge is 0.0619 e. The highest BCUT2D eigenvalue weighted by Gasteiger charge is 2.36. The summed E-state index contributed by atoms with van der Waals surface area (Å²) in [5.41, 5.74) is 15.0. The van der Waals surface area contributed by atoms with E-state index in [-0.39, 0.29) is 5.41 Å². The van der Waals surface area contributed by atoms with Crippen molar-refractivity contribution >= 4 is 65.9 Å². The third-order valence-electron chi connectivity index (χ3n) is 11.5. The largest absolute Gasteiger partial charge is 0.310 e. The molecule has 2 aromatic heterocycles. The van der Waals surface area contributed by atoms with Gasteiger partial charge in [-0.25, -0.2) is 0 Å². The number of fused-ring (bicyclic) bond motifs is 8. The molecule has 1 aliphatic rings. The van der Waals surface area contributed by atoms with Gasteiger partial charge >= 0.3 is 0 Å². The van der Waals surface area contributed by atoms with Crippen LogP contribution in [0.3, 0.4) is 0 Å². The molecule has 8 aromatic carbocycles. The van der Waals surface area contributed by atoms with Gasteiger partial charge in [-0.2, -0.15) is 0 Å². The van der Waals surface area contributed by atoms with Gasteiger partial charge in [0.25, 0.3) is 0 Å². The molecule has 2 heteroatoms. The maximum atomic E-state index is 2.51. The Labute approximate surface area is 296 Å². The normalized spacial score (nSPS) is 13.5. The summed E-state index contributed by atoms with van der Waals surface area (Å²) in [6.45, 7) is 4.75. The summed E-state index contributed by atoms with van der Waals surface area (Å²) in [7, 11) is 0. The van der Waals surface area contributed by atoms with Crippen LogP contribution in [0.1, 0.15) is 25.0 Å². The highest BCUT2D eigenvalue weighted by atomic mass is 15.1. The van der Waals surface area contributed by atoms with Gasteiger partial charge in [0.2, 0.25) is 0 Å².